The van der Waals surface area contributed by atoms with E-state index in [0.717, 1.165) is 0 Å². The molecule has 0 aromatic heterocycles. The Morgan fingerprint density at radius 3 is 2.65 bits per heavy atom. The number of likely N-dealkylation sites (tertiary alicyclic amines) is 1. The molecule has 1 unspecified atom stereocenters. The maximum atomic E-state index is 13.1. The molecule has 142 valence electrons. The average molecular weight is 385 g/mol. The molecule has 8 heteroatoms. The van der Waals surface area contributed by atoms with Crippen LogP contribution < -0.4 is 0 Å². The number of hydrogen-bond donors (Lipinski definition) is 1. The van der Waals surface area contributed by atoms with Crippen LogP contribution in [0.1, 0.15) is 31.7 Å². The lowest BCUT2D eigenvalue weighted by molar-refractivity contribution is -0.145. The topological polar surface area (TPSA) is 77.9 Å². The number of carbonyl (C=O) groups is 3. The normalized spacial score (nSPS) is 17.5. The first-order chi connectivity index (χ1) is 12.3. The Balaban J connectivity index is 1.99. The quantitative estimate of drug-likeness (QED) is 0.845. The van der Waals surface area contributed by atoms with Gasteiger partial charge in [-0.2, -0.15) is 0 Å². The number of halogens is 2. The second kappa shape index (κ2) is 8.98. The van der Waals surface area contributed by atoms with Crippen LogP contribution >= 0.6 is 11.6 Å². The monoisotopic (exact) mass is 384 g/mol. The summed E-state index contributed by atoms with van der Waals surface area (Å²) in [7, 11) is 0. The van der Waals surface area contributed by atoms with E-state index in [2.05, 4.69) is 0 Å². The lowest BCUT2D eigenvalue weighted by Crippen LogP contribution is -2.43. The van der Waals surface area contributed by atoms with Crippen LogP contribution in [0.15, 0.2) is 18.2 Å². The van der Waals surface area contributed by atoms with Crippen LogP contribution in [0.2, 0.25) is 5.02 Å². The fourth-order valence-corrected chi connectivity index (χ4v) is 3.46. The van der Waals surface area contributed by atoms with Crippen molar-refractivity contribution < 1.29 is 23.9 Å². The zero-order valence-electron chi connectivity index (χ0n) is 14.6. The van der Waals surface area contributed by atoms with Gasteiger partial charge in [0.1, 0.15) is 12.4 Å². The van der Waals surface area contributed by atoms with E-state index >= 15 is 0 Å². The summed E-state index contributed by atoms with van der Waals surface area (Å²) in [4.78, 5) is 38.3. The summed E-state index contributed by atoms with van der Waals surface area (Å²) in [6, 6.07) is 3.75. The fraction of sp³-hybridized carbons (Fsp3) is 0.500. The summed E-state index contributed by atoms with van der Waals surface area (Å²) in [6.07, 6.45) is 1.93. The van der Waals surface area contributed by atoms with E-state index in [9.17, 15) is 18.8 Å². The molecule has 1 fully saturated rings. The molecule has 1 aromatic carbocycles. The van der Waals surface area contributed by atoms with Crippen molar-refractivity contribution in [2.75, 3.05) is 19.6 Å². The number of carboxylic acid groups (broad SMARTS) is 1. The largest absolute Gasteiger partial charge is 0.480 e. The molecule has 1 saturated heterocycles. The fourth-order valence-electron chi connectivity index (χ4n) is 3.22. The molecule has 2 amide bonds. The van der Waals surface area contributed by atoms with Crippen molar-refractivity contribution in [3.63, 3.8) is 0 Å². The van der Waals surface area contributed by atoms with Gasteiger partial charge in [0, 0.05) is 31.1 Å². The minimum absolute atomic E-state index is 0.0787. The molecule has 1 atom stereocenters. The van der Waals surface area contributed by atoms with Crippen LogP contribution in [-0.4, -0.2) is 58.4 Å². The molecule has 0 radical (unpaired) electrons. The highest BCUT2D eigenvalue weighted by molar-refractivity contribution is 6.31. The minimum Gasteiger partial charge on any atom is -0.480 e. The van der Waals surface area contributed by atoms with E-state index in [1.807, 2.05) is 0 Å². The highest BCUT2D eigenvalue weighted by atomic mass is 35.5. The maximum absolute atomic E-state index is 13.1. The van der Waals surface area contributed by atoms with E-state index < -0.39 is 11.8 Å². The smallest absolute Gasteiger partial charge is 0.323 e. The van der Waals surface area contributed by atoms with Crippen molar-refractivity contribution in [1.29, 1.82) is 0 Å². The first kappa shape index (κ1) is 20.2. The van der Waals surface area contributed by atoms with Gasteiger partial charge in [0.05, 0.1) is 6.42 Å². The first-order valence-electron chi connectivity index (χ1n) is 8.48. The number of rotatable bonds is 5. The van der Waals surface area contributed by atoms with E-state index in [1.54, 1.807) is 4.90 Å². The number of hydrogen-bond acceptors (Lipinski definition) is 3. The van der Waals surface area contributed by atoms with Crippen molar-refractivity contribution in [2.24, 2.45) is 0 Å². The van der Waals surface area contributed by atoms with Crippen molar-refractivity contribution in [1.82, 2.24) is 9.80 Å². The van der Waals surface area contributed by atoms with Crippen LogP contribution in [0.25, 0.3) is 0 Å². The van der Waals surface area contributed by atoms with E-state index in [-0.39, 0.29) is 35.8 Å². The third kappa shape index (κ3) is 5.42. The van der Waals surface area contributed by atoms with Gasteiger partial charge in [-0.15, -0.1) is 0 Å². The molecular weight excluding hydrogens is 363 g/mol. The second-order valence-corrected chi connectivity index (χ2v) is 6.83. The molecule has 1 aliphatic heterocycles. The molecule has 1 aromatic rings. The Morgan fingerprint density at radius 2 is 2.04 bits per heavy atom. The lowest BCUT2D eigenvalue weighted by atomic mass is 10.1. The summed E-state index contributed by atoms with van der Waals surface area (Å²) in [6.45, 7) is 1.99. The van der Waals surface area contributed by atoms with Crippen LogP contribution in [0.5, 0.6) is 0 Å². The van der Waals surface area contributed by atoms with Gasteiger partial charge < -0.3 is 14.9 Å². The SMILES string of the molecule is CC(=O)N(CC(=O)O)C1CCCN(C(=O)Cc2ccc(F)cc2Cl)CC1. The maximum Gasteiger partial charge on any atom is 0.323 e. The van der Waals surface area contributed by atoms with Gasteiger partial charge in [0.2, 0.25) is 11.8 Å². The number of amides is 2. The third-order valence-corrected chi connectivity index (χ3v) is 4.91. The van der Waals surface area contributed by atoms with E-state index in [1.165, 1.54) is 30.0 Å². The minimum atomic E-state index is -1.05. The Labute approximate surface area is 156 Å². The molecule has 26 heavy (non-hydrogen) atoms. The first-order valence-corrected chi connectivity index (χ1v) is 8.86. The number of carbonyl (C=O) groups excluding carboxylic acids is 2. The Bertz CT molecular complexity index is 698. The van der Waals surface area contributed by atoms with Crippen LogP contribution in [-0.2, 0) is 20.8 Å². The van der Waals surface area contributed by atoms with Crippen molar-refractivity contribution in [2.45, 2.75) is 38.6 Å². The Kier molecular flexibility index (Phi) is 6.97. The standard InChI is InChI=1S/C18H22ClFN2O4/c1-12(23)22(11-18(25)26)15-3-2-7-21(8-6-15)17(24)9-13-4-5-14(20)10-16(13)19/h4-5,10,15H,2-3,6-9,11H2,1H3,(H,25,26). The summed E-state index contributed by atoms with van der Waals surface area (Å²) in [5.41, 5.74) is 0.565. The molecule has 1 heterocycles. The Morgan fingerprint density at radius 1 is 1.31 bits per heavy atom. The molecule has 6 nitrogen and oxygen atoms in total. The van der Waals surface area contributed by atoms with Crippen molar-refractivity contribution in [3.05, 3.63) is 34.6 Å². The zero-order chi connectivity index (χ0) is 19.3. The lowest BCUT2D eigenvalue weighted by Gasteiger charge is -2.28. The number of carboxylic acids is 1. The zero-order valence-corrected chi connectivity index (χ0v) is 15.3. The van der Waals surface area contributed by atoms with Crippen molar-refractivity contribution in [3.8, 4) is 0 Å². The summed E-state index contributed by atoms with van der Waals surface area (Å²) >= 11 is 5.98. The van der Waals surface area contributed by atoms with E-state index in [4.69, 9.17) is 16.7 Å². The van der Waals surface area contributed by atoms with Gasteiger partial charge >= 0.3 is 5.97 Å². The highest BCUT2D eigenvalue weighted by Crippen LogP contribution is 2.21. The molecule has 1 N–H and O–H groups in total. The molecule has 2 rings (SSSR count). The van der Waals surface area contributed by atoms with Crippen LogP contribution in [0.3, 0.4) is 0 Å². The molecular formula is C18H22ClFN2O4. The molecule has 0 saturated carbocycles. The number of aliphatic carboxylic acids is 1. The van der Waals surface area contributed by atoms with Gasteiger partial charge in [-0.1, -0.05) is 17.7 Å². The summed E-state index contributed by atoms with van der Waals surface area (Å²) in [5.74, 6) is -1.91. The van der Waals surface area contributed by atoms with Gasteiger partial charge in [-0.25, -0.2) is 4.39 Å². The second-order valence-electron chi connectivity index (χ2n) is 6.42. The third-order valence-electron chi connectivity index (χ3n) is 4.56. The van der Waals surface area contributed by atoms with Crippen LogP contribution in [0.4, 0.5) is 4.39 Å². The van der Waals surface area contributed by atoms with Gasteiger partial charge in [0.25, 0.3) is 0 Å². The molecule has 0 aliphatic carbocycles. The van der Waals surface area contributed by atoms with Crippen LogP contribution in [0, 0.1) is 5.82 Å². The van der Waals surface area contributed by atoms with Gasteiger partial charge in [0.15, 0.2) is 0 Å². The summed E-state index contributed by atoms with van der Waals surface area (Å²) < 4.78 is 13.1. The van der Waals surface area contributed by atoms with E-state index in [0.29, 0.717) is 37.9 Å². The molecule has 1 aliphatic rings. The van der Waals surface area contributed by atoms with Crippen molar-refractivity contribution >= 4 is 29.4 Å². The predicted octanol–water partition coefficient (Wildman–Crippen LogP) is 2.34. The molecule has 0 spiro atoms. The Hall–Kier alpha value is -2.15. The average Bonchev–Trinajstić information content (AvgIpc) is 2.80. The van der Waals surface area contributed by atoms with Gasteiger partial charge in [-0.05, 0) is 37.0 Å². The number of benzene rings is 1. The number of nitrogens with zero attached hydrogens (tertiary/aromatic N) is 2. The molecule has 0 bridgehead atoms. The summed E-state index contributed by atoms with van der Waals surface area (Å²) in [5, 5.41) is 9.20. The predicted molar refractivity (Wildman–Crippen MR) is 94.4 cm³/mol. The highest BCUT2D eigenvalue weighted by Gasteiger charge is 2.27. The van der Waals surface area contributed by atoms with Gasteiger partial charge in [-0.3, -0.25) is 14.4 Å².